The monoisotopic (exact) mass is 435 g/mol. The number of rotatable bonds is 7. The van der Waals surface area contributed by atoms with Gasteiger partial charge in [0.15, 0.2) is 0 Å². The van der Waals surface area contributed by atoms with Crippen molar-refractivity contribution in [3.63, 3.8) is 0 Å². The molecule has 0 atom stereocenters. The normalized spacial score (nSPS) is 17.3. The van der Waals surface area contributed by atoms with Crippen LogP contribution in [0.4, 0.5) is 0 Å². The number of ether oxygens (including phenoxy) is 2. The molecular formula is C25H29N3O4. The molecule has 7 heteroatoms. The van der Waals surface area contributed by atoms with Crippen molar-refractivity contribution in [1.82, 2.24) is 14.7 Å². The lowest BCUT2D eigenvalue weighted by Crippen LogP contribution is -2.47. The number of methoxy groups -OCH3 is 2. The molecule has 2 aromatic rings. The van der Waals surface area contributed by atoms with E-state index in [0.29, 0.717) is 35.9 Å². The van der Waals surface area contributed by atoms with Gasteiger partial charge in [0, 0.05) is 31.7 Å². The number of carbonyl (C=O) groups is 2. The van der Waals surface area contributed by atoms with E-state index in [0.717, 1.165) is 30.8 Å². The fraction of sp³-hybridized carbons (Fsp3) is 0.360. The van der Waals surface area contributed by atoms with Gasteiger partial charge in [-0.3, -0.25) is 14.5 Å². The number of amides is 2. The molecular weight excluding hydrogens is 406 g/mol. The summed E-state index contributed by atoms with van der Waals surface area (Å²) in [7, 11) is 3.19. The standard InChI is InChI=1S/C25H29N3O4/c1-4-26-13-15-27(16-14-26)23-22(18-9-11-20(31-2)12-10-18)24(29)28(25(23)30)17-19-7-5-6-8-21(19)32-3/h5-12H,4,13-17H2,1-3H3. The van der Waals surface area contributed by atoms with Gasteiger partial charge in [0.05, 0.1) is 26.3 Å². The van der Waals surface area contributed by atoms with Gasteiger partial charge in [-0.2, -0.15) is 0 Å². The van der Waals surface area contributed by atoms with Gasteiger partial charge in [-0.1, -0.05) is 37.3 Å². The van der Waals surface area contributed by atoms with Gasteiger partial charge >= 0.3 is 0 Å². The van der Waals surface area contributed by atoms with E-state index in [1.54, 1.807) is 14.2 Å². The van der Waals surface area contributed by atoms with Gasteiger partial charge in [-0.25, -0.2) is 0 Å². The van der Waals surface area contributed by atoms with E-state index in [2.05, 4.69) is 16.7 Å². The molecule has 32 heavy (non-hydrogen) atoms. The third kappa shape index (κ3) is 4.08. The lowest BCUT2D eigenvalue weighted by Gasteiger charge is -2.36. The molecule has 2 amide bonds. The highest BCUT2D eigenvalue weighted by atomic mass is 16.5. The minimum atomic E-state index is -0.279. The van der Waals surface area contributed by atoms with Crippen molar-refractivity contribution in [2.45, 2.75) is 13.5 Å². The van der Waals surface area contributed by atoms with E-state index in [1.807, 2.05) is 48.5 Å². The Labute approximate surface area is 188 Å². The first-order chi connectivity index (χ1) is 15.6. The second-order valence-corrected chi connectivity index (χ2v) is 7.88. The van der Waals surface area contributed by atoms with Crippen molar-refractivity contribution in [2.75, 3.05) is 46.9 Å². The Kier molecular flexibility index (Phi) is 6.46. The fourth-order valence-corrected chi connectivity index (χ4v) is 4.31. The third-order valence-electron chi connectivity index (χ3n) is 6.18. The summed E-state index contributed by atoms with van der Waals surface area (Å²) in [6.45, 7) is 6.43. The van der Waals surface area contributed by atoms with E-state index in [9.17, 15) is 9.59 Å². The average molecular weight is 436 g/mol. The Morgan fingerprint density at radius 3 is 2.16 bits per heavy atom. The van der Waals surface area contributed by atoms with E-state index in [1.165, 1.54) is 4.90 Å². The molecule has 1 saturated heterocycles. The molecule has 0 radical (unpaired) electrons. The Morgan fingerprint density at radius 2 is 1.53 bits per heavy atom. The second-order valence-electron chi connectivity index (χ2n) is 7.88. The molecule has 2 aliphatic rings. The summed E-state index contributed by atoms with van der Waals surface area (Å²) >= 11 is 0. The highest BCUT2D eigenvalue weighted by Crippen LogP contribution is 2.34. The van der Waals surface area contributed by atoms with Gasteiger partial charge in [0.2, 0.25) is 0 Å². The Balaban J connectivity index is 1.71. The maximum Gasteiger partial charge on any atom is 0.278 e. The van der Waals surface area contributed by atoms with E-state index >= 15 is 0 Å². The minimum absolute atomic E-state index is 0.166. The summed E-state index contributed by atoms with van der Waals surface area (Å²) in [6, 6.07) is 14.8. The lowest BCUT2D eigenvalue weighted by molar-refractivity contribution is -0.138. The van der Waals surface area contributed by atoms with Crippen LogP contribution in [0.15, 0.2) is 54.2 Å². The van der Waals surface area contributed by atoms with Crippen LogP contribution in [0.1, 0.15) is 18.1 Å². The number of para-hydroxylation sites is 1. The molecule has 168 valence electrons. The van der Waals surface area contributed by atoms with Crippen LogP contribution in [0.5, 0.6) is 11.5 Å². The molecule has 0 unspecified atom stereocenters. The van der Waals surface area contributed by atoms with Crippen molar-refractivity contribution in [1.29, 1.82) is 0 Å². The van der Waals surface area contributed by atoms with Gasteiger partial charge in [0.1, 0.15) is 17.2 Å². The van der Waals surface area contributed by atoms with E-state index in [4.69, 9.17) is 9.47 Å². The molecule has 7 nitrogen and oxygen atoms in total. The zero-order valence-electron chi connectivity index (χ0n) is 18.8. The van der Waals surface area contributed by atoms with Gasteiger partial charge < -0.3 is 19.3 Å². The smallest absolute Gasteiger partial charge is 0.278 e. The quantitative estimate of drug-likeness (QED) is 0.623. The number of hydrogen-bond donors (Lipinski definition) is 0. The first-order valence-corrected chi connectivity index (χ1v) is 10.9. The molecule has 1 fully saturated rings. The Hall–Kier alpha value is -3.32. The summed E-state index contributed by atoms with van der Waals surface area (Å²) in [5.74, 6) is 0.829. The van der Waals surface area contributed by atoms with Crippen LogP contribution in [0.2, 0.25) is 0 Å². The number of likely N-dealkylation sites (N-methyl/N-ethyl adjacent to an activating group) is 1. The average Bonchev–Trinajstić information content (AvgIpc) is 3.09. The highest BCUT2D eigenvalue weighted by Gasteiger charge is 2.42. The molecule has 0 spiro atoms. The van der Waals surface area contributed by atoms with Crippen LogP contribution in [0.25, 0.3) is 5.57 Å². The maximum absolute atomic E-state index is 13.6. The Morgan fingerprint density at radius 1 is 0.844 bits per heavy atom. The Bertz CT molecular complexity index is 1020. The summed E-state index contributed by atoms with van der Waals surface area (Å²) in [4.78, 5) is 32.9. The van der Waals surface area contributed by atoms with Crippen LogP contribution < -0.4 is 9.47 Å². The van der Waals surface area contributed by atoms with E-state index < -0.39 is 0 Å². The summed E-state index contributed by atoms with van der Waals surface area (Å²) in [5.41, 5.74) is 2.46. The lowest BCUT2D eigenvalue weighted by atomic mass is 10.0. The van der Waals surface area contributed by atoms with Crippen LogP contribution in [0, 0.1) is 0 Å². The number of imide groups is 1. The van der Waals surface area contributed by atoms with Crippen molar-refractivity contribution in [3.8, 4) is 11.5 Å². The molecule has 2 aliphatic heterocycles. The topological polar surface area (TPSA) is 62.3 Å². The van der Waals surface area contributed by atoms with Gasteiger partial charge in [-0.05, 0) is 30.3 Å². The summed E-state index contributed by atoms with van der Waals surface area (Å²) < 4.78 is 10.7. The maximum atomic E-state index is 13.6. The number of nitrogens with zero attached hydrogens (tertiary/aromatic N) is 3. The number of benzene rings is 2. The largest absolute Gasteiger partial charge is 0.497 e. The van der Waals surface area contributed by atoms with Crippen LogP contribution >= 0.6 is 0 Å². The molecule has 0 bridgehead atoms. The predicted molar refractivity (Wildman–Crippen MR) is 122 cm³/mol. The minimum Gasteiger partial charge on any atom is -0.497 e. The highest BCUT2D eigenvalue weighted by molar-refractivity contribution is 6.35. The summed E-state index contributed by atoms with van der Waals surface area (Å²) in [5, 5.41) is 0. The van der Waals surface area contributed by atoms with E-state index in [-0.39, 0.29) is 18.4 Å². The SMILES string of the molecule is CCN1CCN(C2=C(c3ccc(OC)cc3)C(=O)N(Cc3ccccc3OC)C2=O)CC1. The number of piperazine rings is 1. The van der Waals surface area contributed by atoms with Gasteiger partial charge in [-0.15, -0.1) is 0 Å². The predicted octanol–water partition coefficient (Wildman–Crippen LogP) is 2.62. The molecule has 4 rings (SSSR count). The van der Waals surface area contributed by atoms with Crippen molar-refractivity contribution >= 4 is 17.4 Å². The zero-order chi connectivity index (χ0) is 22.7. The number of carbonyl (C=O) groups excluding carboxylic acids is 2. The first-order valence-electron chi connectivity index (χ1n) is 10.9. The molecule has 0 aromatic heterocycles. The van der Waals surface area contributed by atoms with Crippen LogP contribution in [-0.2, 0) is 16.1 Å². The van der Waals surface area contributed by atoms with Crippen LogP contribution in [-0.4, -0.2) is 73.5 Å². The molecule has 0 N–H and O–H groups in total. The van der Waals surface area contributed by atoms with Crippen LogP contribution in [0.3, 0.4) is 0 Å². The van der Waals surface area contributed by atoms with Crippen molar-refractivity contribution in [3.05, 3.63) is 65.4 Å². The third-order valence-corrected chi connectivity index (χ3v) is 6.18. The van der Waals surface area contributed by atoms with Crippen molar-refractivity contribution < 1.29 is 19.1 Å². The second kappa shape index (κ2) is 9.44. The molecule has 0 saturated carbocycles. The van der Waals surface area contributed by atoms with Crippen molar-refractivity contribution in [2.24, 2.45) is 0 Å². The first kappa shape index (κ1) is 21.9. The molecule has 2 aromatic carbocycles. The zero-order valence-corrected chi connectivity index (χ0v) is 18.8. The number of hydrogen-bond acceptors (Lipinski definition) is 6. The molecule has 2 heterocycles. The summed E-state index contributed by atoms with van der Waals surface area (Å²) in [6.07, 6.45) is 0. The fourth-order valence-electron chi connectivity index (χ4n) is 4.31. The molecule has 0 aliphatic carbocycles. The van der Waals surface area contributed by atoms with Gasteiger partial charge in [0.25, 0.3) is 11.8 Å².